The van der Waals surface area contributed by atoms with E-state index in [1.165, 1.54) is 19.3 Å². The molecule has 2 unspecified atom stereocenters. The maximum Gasteiger partial charge on any atom is 0.0709 e. The van der Waals surface area contributed by atoms with Crippen molar-refractivity contribution in [1.82, 2.24) is 10.2 Å². The van der Waals surface area contributed by atoms with Gasteiger partial charge in [0.2, 0.25) is 0 Å². The van der Waals surface area contributed by atoms with Gasteiger partial charge in [0.1, 0.15) is 0 Å². The minimum Gasteiger partial charge on any atom is -0.317 e. The van der Waals surface area contributed by atoms with Gasteiger partial charge in [-0.1, -0.05) is 12.8 Å². The van der Waals surface area contributed by atoms with Crippen LogP contribution < -0.4 is 5.32 Å². The Morgan fingerprint density at radius 2 is 2.29 bits per heavy atom. The first-order valence-corrected chi connectivity index (χ1v) is 5.68. The highest BCUT2D eigenvalue weighted by molar-refractivity contribution is 5.00. The Morgan fingerprint density at radius 1 is 1.50 bits per heavy atom. The lowest BCUT2D eigenvalue weighted by Crippen LogP contribution is -2.39. The lowest BCUT2D eigenvalue weighted by molar-refractivity contribution is 0.189. The fourth-order valence-electron chi connectivity index (χ4n) is 2.19. The molecule has 0 aromatic carbocycles. The molecule has 0 aromatic rings. The van der Waals surface area contributed by atoms with Crippen LogP contribution in [0.15, 0.2) is 0 Å². The van der Waals surface area contributed by atoms with E-state index >= 15 is 0 Å². The van der Waals surface area contributed by atoms with Crippen molar-refractivity contribution in [3.8, 4) is 12.3 Å². The summed E-state index contributed by atoms with van der Waals surface area (Å²) in [6, 6.07) is 0.990. The van der Waals surface area contributed by atoms with Crippen LogP contribution in [0.5, 0.6) is 0 Å². The van der Waals surface area contributed by atoms with Gasteiger partial charge in [-0.3, -0.25) is 4.90 Å². The van der Waals surface area contributed by atoms with Crippen molar-refractivity contribution in [2.75, 3.05) is 20.1 Å². The molecule has 2 atom stereocenters. The fraction of sp³-hybridized carbons (Fsp3) is 0.833. The Balaban J connectivity index is 2.48. The van der Waals surface area contributed by atoms with E-state index in [4.69, 9.17) is 6.42 Å². The average Bonchev–Trinajstić information content (AvgIpc) is 2.47. The van der Waals surface area contributed by atoms with Crippen molar-refractivity contribution in [2.45, 2.75) is 44.7 Å². The predicted molar refractivity (Wildman–Crippen MR) is 61.2 cm³/mol. The molecule has 1 N–H and O–H groups in total. The van der Waals surface area contributed by atoms with Crippen molar-refractivity contribution in [1.29, 1.82) is 0 Å². The van der Waals surface area contributed by atoms with E-state index in [9.17, 15) is 0 Å². The molecule has 0 spiro atoms. The average molecular weight is 194 g/mol. The zero-order valence-electron chi connectivity index (χ0n) is 9.42. The van der Waals surface area contributed by atoms with Gasteiger partial charge in [0.15, 0.2) is 0 Å². The van der Waals surface area contributed by atoms with E-state index in [-0.39, 0.29) is 0 Å². The highest BCUT2D eigenvalue weighted by Crippen LogP contribution is 2.15. The molecule has 1 rings (SSSR count). The summed E-state index contributed by atoms with van der Waals surface area (Å²) in [5.74, 6) is 2.87. The van der Waals surface area contributed by atoms with E-state index in [0.717, 1.165) is 19.5 Å². The molecule has 14 heavy (non-hydrogen) atoms. The lowest BCUT2D eigenvalue weighted by Gasteiger charge is -2.31. The van der Waals surface area contributed by atoms with Gasteiger partial charge >= 0.3 is 0 Å². The van der Waals surface area contributed by atoms with Gasteiger partial charge in [0.05, 0.1) is 6.04 Å². The smallest absolute Gasteiger partial charge is 0.0709 e. The van der Waals surface area contributed by atoms with Gasteiger partial charge in [-0.05, 0) is 45.8 Å². The van der Waals surface area contributed by atoms with E-state index < -0.39 is 0 Å². The third-order valence-electron chi connectivity index (χ3n) is 3.19. The summed E-state index contributed by atoms with van der Waals surface area (Å²) in [6.45, 7) is 4.46. The molecule has 1 aliphatic rings. The first kappa shape index (κ1) is 11.6. The molecule has 1 heterocycles. The molecule has 80 valence electrons. The van der Waals surface area contributed by atoms with E-state index in [2.05, 4.69) is 30.1 Å². The Kier molecular flexibility index (Phi) is 5.00. The van der Waals surface area contributed by atoms with E-state index in [1.807, 2.05) is 0 Å². The fourth-order valence-corrected chi connectivity index (χ4v) is 2.19. The van der Waals surface area contributed by atoms with Crippen LogP contribution in [0.2, 0.25) is 0 Å². The highest BCUT2D eigenvalue weighted by Gasteiger charge is 2.20. The molecule has 2 nitrogen and oxygen atoms in total. The number of nitrogens with zero attached hydrogens (tertiary/aromatic N) is 1. The Morgan fingerprint density at radius 3 is 2.93 bits per heavy atom. The van der Waals surface area contributed by atoms with Crippen LogP contribution in [-0.4, -0.2) is 37.1 Å². The minimum atomic E-state index is 0.318. The van der Waals surface area contributed by atoms with Crippen LogP contribution in [0.3, 0.4) is 0 Å². The molecule has 0 bridgehead atoms. The van der Waals surface area contributed by atoms with Crippen molar-refractivity contribution in [2.24, 2.45) is 0 Å². The Bertz CT molecular complexity index is 187. The van der Waals surface area contributed by atoms with Crippen molar-refractivity contribution in [3.63, 3.8) is 0 Å². The molecule has 0 aromatic heterocycles. The molecular weight excluding hydrogens is 172 g/mol. The van der Waals surface area contributed by atoms with Crippen molar-refractivity contribution < 1.29 is 0 Å². The Labute approximate surface area is 88.1 Å². The molecule has 0 amide bonds. The van der Waals surface area contributed by atoms with Gasteiger partial charge in [-0.2, -0.15) is 0 Å². The maximum atomic E-state index is 5.52. The predicted octanol–water partition coefficient (Wildman–Crippen LogP) is 1.47. The summed E-state index contributed by atoms with van der Waals surface area (Å²) in [4.78, 5) is 2.38. The van der Waals surface area contributed by atoms with Gasteiger partial charge in [0.25, 0.3) is 0 Å². The van der Waals surface area contributed by atoms with Gasteiger partial charge in [-0.25, -0.2) is 0 Å². The second-order valence-corrected chi connectivity index (χ2v) is 4.09. The van der Waals surface area contributed by atoms with E-state index in [0.29, 0.717) is 12.1 Å². The normalized spacial score (nSPS) is 25.4. The van der Waals surface area contributed by atoms with Crippen LogP contribution in [0.25, 0.3) is 0 Å². The van der Waals surface area contributed by atoms with Gasteiger partial charge < -0.3 is 5.32 Å². The first-order valence-electron chi connectivity index (χ1n) is 5.68. The van der Waals surface area contributed by atoms with Crippen LogP contribution in [0, 0.1) is 12.3 Å². The largest absolute Gasteiger partial charge is 0.317 e. The van der Waals surface area contributed by atoms with Crippen molar-refractivity contribution in [3.05, 3.63) is 0 Å². The zero-order chi connectivity index (χ0) is 10.4. The number of terminal acetylenes is 1. The van der Waals surface area contributed by atoms with Crippen LogP contribution in [0.1, 0.15) is 32.6 Å². The third-order valence-corrected chi connectivity index (χ3v) is 3.19. The summed E-state index contributed by atoms with van der Waals surface area (Å²) in [6.07, 6.45) is 10.4. The van der Waals surface area contributed by atoms with Gasteiger partial charge in [-0.15, -0.1) is 6.42 Å². The van der Waals surface area contributed by atoms with Gasteiger partial charge in [0, 0.05) is 6.04 Å². The molecule has 0 aliphatic carbocycles. The number of hydrogen-bond donors (Lipinski definition) is 1. The first-order chi connectivity index (χ1) is 6.79. The SMILES string of the molecule is C#CC(CC)N(C)C1CCCNCC1. The lowest BCUT2D eigenvalue weighted by atomic mass is 10.0. The number of nitrogens with one attached hydrogen (secondary N) is 1. The Hall–Kier alpha value is -0.520. The number of rotatable bonds is 3. The molecule has 1 fully saturated rings. The maximum absolute atomic E-state index is 5.52. The standard InChI is InChI=1S/C12H22N2/c1-4-11(5-2)14(3)12-7-6-9-13-10-8-12/h1,11-13H,5-10H2,2-3H3. The second-order valence-electron chi connectivity index (χ2n) is 4.09. The molecule has 0 radical (unpaired) electrons. The summed E-state index contributed by atoms with van der Waals surface area (Å²) < 4.78 is 0. The monoisotopic (exact) mass is 194 g/mol. The quantitative estimate of drug-likeness (QED) is 0.685. The topological polar surface area (TPSA) is 15.3 Å². The van der Waals surface area contributed by atoms with Crippen LogP contribution >= 0.6 is 0 Å². The highest BCUT2D eigenvalue weighted by atomic mass is 15.2. The van der Waals surface area contributed by atoms with Crippen LogP contribution in [0.4, 0.5) is 0 Å². The third kappa shape index (κ3) is 3.01. The summed E-state index contributed by atoms with van der Waals surface area (Å²) in [5, 5.41) is 3.43. The zero-order valence-corrected chi connectivity index (χ0v) is 9.42. The molecule has 1 saturated heterocycles. The summed E-state index contributed by atoms with van der Waals surface area (Å²) >= 11 is 0. The summed E-state index contributed by atoms with van der Waals surface area (Å²) in [7, 11) is 2.17. The molecule has 1 aliphatic heterocycles. The second kappa shape index (κ2) is 6.06. The molecule has 0 saturated carbocycles. The van der Waals surface area contributed by atoms with E-state index in [1.54, 1.807) is 0 Å². The van der Waals surface area contributed by atoms with Crippen molar-refractivity contribution >= 4 is 0 Å². The molecular formula is C12H22N2. The summed E-state index contributed by atoms with van der Waals surface area (Å²) in [5.41, 5.74) is 0. The number of hydrogen-bond acceptors (Lipinski definition) is 2. The minimum absolute atomic E-state index is 0.318. The molecule has 2 heteroatoms. The van der Waals surface area contributed by atoms with Crippen LogP contribution in [-0.2, 0) is 0 Å².